The van der Waals surface area contributed by atoms with E-state index in [0.29, 0.717) is 48.3 Å². The Labute approximate surface area is 253 Å². The van der Waals surface area contributed by atoms with Gasteiger partial charge in [-0.3, -0.25) is 4.94 Å². The first-order valence-corrected chi connectivity index (χ1v) is 14.7. The van der Waals surface area contributed by atoms with Gasteiger partial charge in [0.25, 0.3) is 0 Å². The minimum Gasteiger partial charge on any atom is -0.493 e. The second kappa shape index (κ2) is 17.1. The molecule has 0 bridgehead atoms. The lowest BCUT2D eigenvalue weighted by atomic mass is 9.90. The van der Waals surface area contributed by atoms with Gasteiger partial charge in [0.05, 0.1) is 37.1 Å². The van der Waals surface area contributed by atoms with Crippen LogP contribution in [0.5, 0.6) is 17.2 Å². The van der Waals surface area contributed by atoms with Crippen LogP contribution < -0.4 is 14.4 Å². The zero-order chi connectivity index (χ0) is 32.2. The molecule has 0 saturated carbocycles. The lowest BCUT2D eigenvalue weighted by Crippen LogP contribution is -2.20. The van der Waals surface area contributed by atoms with E-state index in [1.807, 2.05) is 26.0 Å². The summed E-state index contributed by atoms with van der Waals surface area (Å²) in [7, 11) is 0. The van der Waals surface area contributed by atoms with Gasteiger partial charge in [-0.25, -0.2) is 26.3 Å². The van der Waals surface area contributed by atoms with Crippen molar-refractivity contribution in [3.05, 3.63) is 76.6 Å². The van der Waals surface area contributed by atoms with Gasteiger partial charge in [-0.05, 0) is 73.4 Å². The highest BCUT2D eigenvalue weighted by molar-refractivity contribution is 5.78. The van der Waals surface area contributed by atoms with Crippen LogP contribution in [0.1, 0.15) is 76.5 Å². The van der Waals surface area contributed by atoms with Gasteiger partial charge in [0.2, 0.25) is 0 Å². The molecule has 0 spiro atoms. The van der Waals surface area contributed by atoms with E-state index in [2.05, 4.69) is 11.9 Å². The van der Waals surface area contributed by atoms with Gasteiger partial charge in [-0.2, -0.15) is 0 Å². The summed E-state index contributed by atoms with van der Waals surface area (Å²) in [5.41, 5.74) is 1.11. The molecule has 1 fully saturated rings. The summed E-state index contributed by atoms with van der Waals surface area (Å²) in [4.78, 5) is 2.98. The third kappa shape index (κ3) is 9.03. The van der Waals surface area contributed by atoms with E-state index in [4.69, 9.17) is 14.2 Å². The maximum atomic E-state index is 14.5. The third-order valence-electron chi connectivity index (χ3n) is 7.06. The topological polar surface area (TPSA) is 36.9 Å². The van der Waals surface area contributed by atoms with Crippen LogP contribution in [0.15, 0.2) is 36.4 Å². The molecule has 1 heterocycles. The van der Waals surface area contributed by atoms with Gasteiger partial charge in [-0.15, -0.1) is 0 Å². The smallest absolute Gasteiger partial charge is 0.194 e. The molecule has 1 aliphatic rings. The molecule has 44 heavy (non-hydrogen) atoms. The molecule has 0 aromatic heterocycles. The highest BCUT2D eigenvalue weighted by Crippen LogP contribution is 2.44. The predicted molar refractivity (Wildman–Crippen MR) is 153 cm³/mol. The minimum atomic E-state index is -1.65. The molecule has 0 N–H and O–H groups in total. The van der Waals surface area contributed by atoms with Gasteiger partial charge in [0.15, 0.2) is 23.2 Å². The molecule has 4 nitrogen and oxygen atoms in total. The Morgan fingerprint density at radius 3 is 1.75 bits per heavy atom. The van der Waals surface area contributed by atoms with E-state index >= 15 is 0 Å². The van der Waals surface area contributed by atoms with E-state index < -0.39 is 47.1 Å². The molecule has 3 aromatic carbocycles. The van der Waals surface area contributed by atoms with Crippen LogP contribution in [-0.2, 0) is 11.4 Å². The van der Waals surface area contributed by atoms with Crippen LogP contribution in [0.3, 0.4) is 0 Å². The molecule has 11 heteroatoms. The van der Waals surface area contributed by atoms with Crippen molar-refractivity contribution in [2.75, 3.05) is 19.8 Å². The summed E-state index contributed by atoms with van der Waals surface area (Å²) in [6, 6.07) is 6.89. The molecule has 4 rings (SSSR count). The Bertz CT molecular complexity index is 1280. The van der Waals surface area contributed by atoms with Crippen LogP contribution in [0.2, 0.25) is 0 Å². The summed E-state index contributed by atoms with van der Waals surface area (Å²) in [6.07, 6.45) is 5.77. The van der Waals surface area contributed by atoms with Gasteiger partial charge in [-0.1, -0.05) is 27.2 Å². The number of benzene rings is 3. The maximum absolute atomic E-state index is 14.5. The van der Waals surface area contributed by atoms with Crippen molar-refractivity contribution >= 4 is 0 Å². The molecule has 1 saturated heterocycles. The van der Waals surface area contributed by atoms with Crippen molar-refractivity contribution in [2.45, 2.75) is 72.1 Å². The zero-order valence-corrected chi connectivity index (χ0v) is 25.0. The molecule has 2 atom stereocenters. The number of rotatable bonds is 12. The molecule has 0 amide bonds. The Balaban J connectivity index is 0.000000404. The van der Waals surface area contributed by atoms with Crippen LogP contribution in [0.4, 0.5) is 30.9 Å². The Kier molecular flexibility index (Phi) is 13.6. The third-order valence-corrected chi connectivity index (χ3v) is 7.06. The van der Waals surface area contributed by atoms with Crippen LogP contribution in [-0.4, -0.2) is 19.8 Å². The summed E-state index contributed by atoms with van der Waals surface area (Å²) in [5, 5.41) is 0. The Morgan fingerprint density at radius 1 is 0.750 bits per heavy atom. The zero-order valence-electron chi connectivity index (χ0n) is 25.0. The van der Waals surface area contributed by atoms with Gasteiger partial charge in [0, 0.05) is 16.7 Å². The first kappa shape index (κ1) is 35.0. The Morgan fingerprint density at radius 2 is 1.32 bits per heavy atom. The fourth-order valence-electron chi connectivity index (χ4n) is 4.89. The van der Waals surface area contributed by atoms with Crippen molar-refractivity contribution in [1.29, 1.82) is 0 Å². The summed E-state index contributed by atoms with van der Waals surface area (Å²) < 4.78 is 108. The minimum absolute atomic E-state index is 0.0810. The number of alkyl halides is 1. The van der Waals surface area contributed by atoms with E-state index in [0.717, 1.165) is 62.8 Å². The second-order valence-electron chi connectivity index (χ2n) is 10.5. The average Bonchev–Trinajstić information content (AvgIpc) is 3.01. The van der Waals surface area contributed by atoms with Gasteiger partial charge < -0.3 is 14.2 Å². The molecular weight excluding hydrogens is 593 g/mol. The lowest BCUT2D eigenvalue weighted by Gasteiger charge is -2.30. The highest BCUT2D eigenvalue weighted by Gasteiger charge is 2.26. The highest BCUT2D eigenvalue weighted by atomic mass is 19.3. The SMILES string of the molecule is CCCOc1cc([C@@H]2CCC(CCC)CO2)cc(OCCC)c1-c1cc(F)c(CF)c(F)c1.FOc1cc(F)c(F)c(F)c1. The van der Waals surface area contributed by atoms with Crippen molar-refractivity contribution in [1.82, 2.24) is 0 Å². The molecule has 0 aliphatic carbocycles. The summed E-state index contributed by atoms with van der Waals surface area (Å²) in [5.74, 6) is -5.60. The molecule has 1 unspecified atom stereocenters. The van der Waals surface area contributed by atoms with Crippen LogP contribution in [0.25, 0.3) is 11.1 Å². The van der Waals surface area contributed by atoms with Crippen molar-refractivity contribution in [3.63, 3.8) is 0 Å². The summed E-state index contributed by atoms with van der Waals surface area (Å²) >= 11 is 0. The molecule has 0 radical (unpaired) electrons. The monoisotopic (exact) mass is 630 g/mol. The van der Waals surface area contributed by atoms with E-state index in [1.54, 1.807) is 0 Å². The quantitative estimate of drug-likeness (QED) is 0.147. The van der Waals surface area contributed by atoms with Gasteiger partial charge in [0.1, 0.15) is 29.8 Å². The van der Waals surface area contributed by atoms with Crippen LogP contribution >= 0.6 is 0 Å². The number of hydrogen-bond acceptors (Lipinski definition) is 4. The van der Waals surface area contributed by atoms with E-state index in [9.17, 15) is 30.9 Å². The van der Waals surface area contributed by atoms with Crippen LogP contribution in [0, 0.1) is 35.0 Å². The maximum Gasteiger partial charge on any atom is 0.194 e. The lowest BCUT2D eigenvalue weighted by molar-refractivity contribution is -0.0196. The largest absolute Gasteiger partial charge is 0.493 e. The van der Waals surface area contributed by atoms with E-state index in [1.165, 1.54) is 0 Å². The number of ether oxygens (including phenoxy) is 3. The second-order valence-corrected chi connectivity index (χ2v) is 10.5. The molecule has 242 valence electrons. The fraction of sp³-hybridized carbons (Fsp3) is 0.455. The van der Waals surface area contributed by atoms with E-state index in [-0.39, 0.29) is 11.7 Å². The van der Waals surface area contributed by atoms with Crippen molar-refractivity contribution in [2.24, 2.45) is 5.92 Å². The standard InChI is InChI=1S/C27H35F3O3.C6H2F4O/c1-4-7-18-8-9-24(33-17-18)19-14-25(31-10-5-2)27(26(15-19)32-11-6-3)20-12-22(29)21(16-28)23(30)13-20;7-4-1-3(11-10)2-5(8)6(4)9/h12-15,18,24H,4-11,16-17H2,1-3H3;1-2H/t18?,24-;/m0./s1. The number of halogens is 7. The normalized spacial score (nSPS) is 16.2. The van der Waals surface area contributed by atoms with Gasteiger partial charge >= 0.3 is 0 Å². The number of hydrogen-bond donors (Lipinski definition) is 0. The molecule has 1 aliphatic heterocycles. The predicted octanol–water partition coefficient (Wildman–Crippen LogP) is 10.3. The summed E-state index contributed by atoms with van der Waals surface area (Å²) in [6.45, 7) is 6.58. The first-order valence-electron chi connectivity index (χ1n) is 14.7. The van der Waals surface area contributed by atoms with Crippen molar-refractivity contribution in [3.8, 4) is 28.4 Å². The first-order chi connectivity index (χ1) is 21.2. The Hall–Kier alpha value is -3.47. The molecular formula is C33H37F7O4. The average molecular weight is 631 g/mol. The fourth-order valence-corrected chi connectivity index (χ4v) is 4.89. The molecule has 3 aromatic rings. The van der Waals surface area contributed by atoms with Crippen molar-refractivity contribution < 1.29 is 50.0 Å².